The zero-order valence-corrected chi connectivity index (χ0v) is 12.1. The van der Waals surface area contributed by atoms with E-state index in [9.17, 15) is 0 Å². The van der Waals surface area contributed by atoms with Crippen molar-refractivity contribution in [2.45, 2.75) is 65.0 Å². The van der Waals surface area contributed by atoms with Crippen LogP contribution in [0.2, 0.25) is 0 Å². The second kappa shape index (κ2) is 5.80. The van der Waals surface area contributed by atoms with Gasteiger partial charge in [0, 0.05) is 6.61 Å². The number of rotatable bonds is 7. The van der Waals surface area contributed by atoms with E-state index in [1.54, 1.807) is 0 Å². The van der Waals surface area contributed by atoms with Gasteiger partial charge in [-0.25, -0.2) is 0 Å². The number of nitrogens with two attached hydrogens (primary N) is 1. The van der Waals surface area contributed by atoms with Gasteiger partial charge in [0.05, 0.1) is 5.54 Å². The zero-order valence-electron chi connectivity index (χ0n) is 12.1. The van der Waals surface area contributed by atoms with Crippen molar-refractivity contribution in [1.82, 2.24) is 10.1 Å². The first-order valence-electron chi connectivity index (χ1n) is 6.67. The maximum atomic E-state index is 6.18. The molecule has 0 saturated heterocycles. The predicted octanol–water partition coefficient (Wildman–Crippen LogP) is 2.71. The molecule has 2 atom stereocenters. The Labute approximate surface area is 109 Å². The summed E-state index contributed by atoms with van der Waals surface area (Å²) >= 11 is 0. The first kappa shape index (κ1) is 15.1. The molecule has 0 aromatic carbocycles. The van der Waals surface area contributed by atoms with Crippen molar-refractivity contribution in [2.75, 3.05) is 6.61 Å². The van der Waals surface area contributed by atoms with Crippen LogP contribution in [0.4, 0.5) is 0 Å². The first-order chi connectivity index (χ1) is 8.39. The van der Waals surface area contributed by atoms with Crippen LogP contribution in [0.15, 0.2) is 4.52 Å². The highest BCUT2D eigenvalue weighted by molar-refractivity contribution is 5.05. The molecule has 0 aliphatic carbocycles. The molecular weight excluding hydrogens is 230 g/mol. The Morgan fingerprint density at radius 2 is 1.94 bits per heavy atom. The molecule has 2 unspecified atom stereocenters. The maximum Gasteiger partial charge on any atom is 0.246 e. The summed E-state index contributed by atoms with van der Waals surface area (Å²) in [6.45, 7) is 10.6. The molecule has 0 aliphatic heterocycles. The summed E-state index contributed by atoms with van der Waals surface area (Å²) in [5, 5.41) is 4.04. The summed E-state index contributed by atoms with van der Waals surface area (Å²) < 4.78 is 11.0. The third kappa shape index (κ3) is 3.09. The molecule has 0 aliphatic rings. The highest BCUT2D eigenvalue weighted by atomic mass is 16.5. The van der Waals surface area contributed by atoms with E-state index < -0.39 is 11.1 Å². The molecule has 5 heteroatoms. The molecule has 18 heavy (non-hydrogen) atoms. The van der Waals surface area contributed by atoms with Crippen molar-refractivity contribution in [3.63, 3.8) is 0 Å². The van der Waals surface area contributed by atoms with Crippen molar-refractivity contribution < 1.29 is 9.26 Å². The lowest BCUT2D eigenvalue weighted by atomic mass is 9.97. The fraction of sp³-hybridized carbons (Fsp3) is 0.846. The Morgan fingerprint density at radius 3 is 2.44 bits per heavy atom. The van der Waals surface area contributed by atoms with Gasteiger partial charge in [-0.2, -0.15) is 4.98 Å². The smallest absolute Gasteiger partial charge is 0.246 e. The fourth-order valence-electron chi connectivity index (χ4n) is 1.94. The largest absolute Gasteiger partial charge is 0.367 e. The van der Waals surface area contributed by atoms with Crippen molar-refractivity contribution >= 4 is 0 Å². The summed E-state index contributed by atoms with van der Waals surface area (Å²) in [5.74, 6) is 1.06. The monoisotopic (exact) mass is 255 g/mol. The van der Waals surface area contributed by atoms with Crippen molar-refractivity contribution in [1.29, 1.82) is 0 Å². The van der Waals surface area contributed by atoms with Gasteiger partial charge in [-0.3, -0.25) is 0 Å². The van der Waals surface area contributed by atoms with E-state index >= 15 is 0 Å². The molecule has 1 rings (SSSR count). The van der Waals surface area contributed by atoms with Gasteiger partial charge in [0.1, 0.15) is 5.60 Å². The molecule has 0 fully saturated rings. The molecule has 5 nitrogen and oxygen atoms in total. The van der Waals surface area contributed by atoms with Crippen molar-refractivity contribution in [3.05, 3.63) is 11.7 Å². The minimum absolute atomic E-state index is 0.485. The number of aromatic nitrogens is 2. The Kier molecular flexibility index (Phi) is 4.87. The predicted molar refractivity (Wildman–Crippen MR) is 70.0 cm³/mol. The first-order valence-corrected chi connectivity index (χ1v) is 6.67. The Hall–Kier alpha value is -0.940. The summed E-state index contributed by atoms with van der Waals surface area (Å²) in [7, 11) is 0. The maximum absolute atomic E-state index is 6.18. The van der Waals surface area contributed by atoms with Gasteiger partial charge in [0.25, 0.3) is 0 Å². The van der Waals surface area contributed by atoms with Crippen LogP contribution in [-0.4, -0.2) is 16.7 Å². The fourth-order valence-corrected chi connectivity index (χ4v) is 1.94. The minimum Gasteiger partial charge on any atom is -0.367 e. The number of ether oxygens (including phenoxy) is 1. The average Bonchev–Trinajstić information content (AvgIpc) is 2.79. The molecule has 104 valence electrons. The molecule has 1 aromatic heterocycles. The van der Waals surface area contributed by atoms with Gasteiger partial charge < -0.3 is 15.0 Å². The lowest BCUT2D eigenvalue weighted by Gasteiger charge is -2.24. The second-order valence-corrected chi connectivity index (χ2v) is 5.11. The van der Waals surface area contributed by atoms with Crippen LogP contribution >= 0.6 is 0 Å². The highest BCUT2D eigenvalue weighted by Gasteiger charge is 2.34. The summed E-state index contributed by atoms with van der Waals surface area (Å²) in [5.41, 5.74) is 5.11. The van der Waals surface area contributed by atoms with Gasteiger partial charge in [-0.05, 0) is 33.6 Å². The Balaban J connectivity index is 2.98. The summed E-state index contributed by atoms with van der Waals surface area (Å²) in [6.07, 6.45) is 2.57. The third-order valence-electron chi connectivity index (χ3n) is 3.29. The van der Waals surface area contributed by atoms with Crippen molar-refractivity contribution in [2.24, 2.45) is 5.73 Å². The average molecular weight is 255 g/mol. The van der Waals surface area contributed by atoms with E-state index in [4.69, 9.17) is 15.0 Å². The molecule has 0 bridgehead atoms. The van der Waals surface area contributed by atoms with Crippen LogP contribution in [0.5, 0.6) is 0 Å². The standard InChI is InChI=1S/C13H25N3O2/c1-6-9-12(4,14)11-15-10(16-18-11)13(5,7-2)17-8-3/h6-9,14H2,1-5H3. The summed E-state index contributed by atoms with van der Waals surface area (Å²) in [6, 6.07) is 0. The van der Waals surface area contributed by atoms with Gasteiger partial charge in [-0.15, -0.1) is 0 Å². The second-order valence-electron chi connectivity index (χ2n) is 5.11. The molecule has 1 aromatic rings. The van der Waals surface area contributed by atoms with Crippen molar-refractivity contribution in [3.8, 4) is 0 Å². The lowest BCUT2D eigenvalue weighted by molar-refractivity contribution is -0.0403. The van der Waals surface area contributed by atoms with E-state index in [2.05, 4.69) is 17.1 Å². The van der Waals surface area contributed by atoms with Crippen LogP contribution in [-0.2, 0) is 15.9 Å². The normalized spacial score (nSPS) is 18.3. The van der Waals surface area contributed by atoms with Crippen LogP contribution in [0.25, 0.3) is 0 Å². The number of hydrogen-bond acceptors (Lipinski definition) is 5. The van der Waals surface area contributed by atoms with Gasteiger partial charge >= 0.3 is 0 Å². The van der Waals surface area contributed by atoms with Gasteiger partial charge in [0.15, 0.2) is 0 Å². The number of hydrogen-bond donors (Lipinski definition) is 1. The third-order valence-corrected chi connectivity index (χ3v) is 3.29. The molecular formula is C13H25N3O2. The van der Waals surface area contributed by atoms with Crippen LogP contribution < -0.4 is 5.73 Å². The Morgan fingerprint density at radius 1 is 1.28 bits per heavy atom. The zero-order chi connectivity index (χ0) is 13.8. The number of nitrogens with zero attached hydrogens (tertiary/aromatic N) is 2. The molecule has 0 saturated carbocycles. The molecule has 1 heterocycles. The molecule has 0 amide bonds. The van der Waals surface area contributed by atoms with Gasteiger partial charge in [0.2, 0.25) is 11.7 Å². The molecule has 2 N–H and O–H groups in total. The minimum atomic E-state index is -0.569. The quantitative estimate of drug-likeness (QED) is 0.810. The van der Waals surface area contributed by atoms with E-state index in [0.717, 1.165) is 19.3 Å². The van der Waals surface area contributed by atoms with Crippen LogP contribution in [0.1, 0.15) is 65.6 Å². The lowest BCUT2D eigenvalue weighted by Crippen LogP contribution is -2.33. The van der Waals surface area contributed by atoms with E-state index in [1.807, 2.05) is 27.7 Å². The van der Waals surface area contributed by atoms with E-state index in [0.29, 0.717) is 18.3 Å². The van der Waals surface area contributed by atoms with Gasteiger partial charge in [-0.1, -0.05) is 25.4 Å². The van der Waals surface area contributed by atoms with Crippen LogP contribution in [0.3, 0.4) is 0 Å². The molecule has 0 spiro atoms. The topological polar surface area (TPSA) is 74.2 Å². The van der Waals surface area contributed by atoms with E-state index in [-0.39, 0.29) is 0 Å². The highest BCUT2D eigenvalue weighted by Crippen LogP contribution is 2.29. The van der Waals surface area contributed by atoms with E-state index in [1.165, 1.54) is 0 Å². The summed E-state index contributed by atoms with van der Waals surface area (Å²) in [4.78, 5) is 4.43. The Bertz CT molecular complexity index is 376. The molecule has 0 radical (unpaired) electrons. The SMILES string of the molecule is CCCC(C)(N)c1nc(C(C)(CC)OCC)no1. The van der Waals surface area contributed by atoms with Crippen LogP contribution in [0, 0.1) is 0 Å².